The second-order valence-electron chi connectivity index (χ2n) is 5.52. The van der Waals surface area contributed by atoms with Crippen molar-refractivity contribution < 1.29 is 14.6 Å². The summed E-state index contributed by atoms with van der Waals surface area (Å²) in [6.45, 7) is 5.49. The van der Waals surface area contributed by atoms with Crippen LogP contribution >= 0.6 is 11.6 Å². The van der Waals surface area contributed by atoms with Crippen molar-refractivity contribution in [1.29, 1.82) is 0 Å². The Balaban J connectivity index is 2.86. The number of halogens is 1. The van der Waals surface area contributed by atoms with Crippen LogP contribution in [0.1, 0.15) is 26.3 Å². The highest BCUT2D eigenvalue weighted by Crippen LogP contribution is 2.23. The van der Waals surface area contributed by atoms with Gasteiger partial charge in [0.15, 0.2) is 0 Å². The van der Waals surface area contributed by atoms with E-state index in [9.17, 15) is 9.90 Å². The Kier molecular flexibility index (Phi) is 5.80. The topological polar surface area (TPSA) is 84.6 Å². The summed E-state index contributed by atoms with van der Waals surface area (Å²) in [4.78, 5) is 11.8. The van der Waals surface area contributed by atoms with Gasteiger partial charge in [-0.05, 0) is 44.5 Å². The van der Waals surface area contributed by atoms with Crippen LogP contribution in [0.25, 0.3) is 0 Å². The number of rotatable bonds is 4. The molecule has 0 radical (unpaired) electrons. The number of aliphatic hydroxyl groups is 1. The molecule has 1 atom stereocenters. The zero-order valence-electron chi connectivity index (χ0n) is 11.9. The summed E-state index contributed by atoms with van der Waals surface area (Å²) in [5.74, 6) is 0. The number of nitrogens with one attached hydrogen (secondary N) is 1. The monoisotopic (exact) mass is 300 g/mol. The van der Waals surface area contributed by atoms with Crippen molar-refractivity contribution in [2.75, 3.05) is 11.9 Å². The first-order valence-corrected chi connectivity index (χ1v) is 6.75. The van der Waals surface area contributed by atoms with Gasteiger partial charge in [-0.2, -0.15) is 0 Å². The van der Waals surface area contributed by atoms with E-state index in [1.807, 2.05) is 0 Å². The standard InChI is InChI=1S/C14H21ClN2O3/c1-14(2,3)20-13(19)17-12-5-4-10(15)6-9(12)7-11(18)8-16/h4-6,11,18H,7-8,16H2,1-3H3,(H,17,19). The summed E-state index contributed by atoms with van der Waals surface area (Å²) < 4.78 is 5.19. The molecule has 4 N–H and O–H groups in total. The maximum atomic E-state index is 11.8. The molecule has 0 aliphatic heterocycles. The third-order valence-corrected chi connectivity index (χ3v) is 2.67. The second-order valence-corrected chi connectivity index (χ2v) is 5.96. The Bertz CT molecular complexity index is 472. The molecule has 0 aliphatic carbocycles. The van der Waals surface area contributed by atoms with Gasteiger partial charge in [-0.15, -0.1) is 0 Å². The first kappa shape index (κ1) is 16.8. The van der Waals surface area contributed by atoms with Crippen LogP contribution in [0.3, 0.4) is 0 Å². The molecule has 0 heterocycles. The average molecular weight is 301 g/mol. The number of anilines is 1. The molecule has 1 unspecified atom stereocenters. The molecule has 0 aromatic heterocycles. The Morgan fingerprint density at radius 1 is 1.50 bits per heavy atom. The van der Waals surface area contributed by atoms with Crippen LogP contribution in [0.15, 0.2) is 18.2 Å². The SMILES string of the molecule is CC(C)(C)OC(=O)Nc1ccc(Cl)cc1CC(O)CN. The number of carbonyl (C=O) groups is 1. The zero-order valence-corrected chi connectivity index (χ0v) is 12.7. The van der Waals surface area contributed by atoms with Gasteiger partial charge in [0.2, 0.25) is 0 Å². The molecule has 6 heteroatoms. The van der Waals surface area contributed by atoms with Crippen molar-refractivity contribution in [3.63, 3.8) is 0 Å². The molecule has 0 bridgehead atoms. The van der Waals surface area contributed by atoms with Crippen LogP contribution in [0.4, 0.5) is 10.5 Å². The molecule has 112 valence electrons. The third-order valence-electron chi connectivity index (χ3n) is 2.43. The quantitative estimate of drug-likeness (QED) is 0.798. The van der Waals surface area contributed by atoms with Crippen molar-refractivity contribution in [3.8, 4) is 0 Å². The molecule has 20 heavy (non-hydrogen) atoms. The summed E-state index contributed by atoms with van der Waals surface area (Å²) in [5, 5.41) is 12.8. The summed E-state index contributed by atoms with van der Waals surface area (Å²) in [6.07, 6.45) is -0.932. The summed E-state index contributed by atoms with van der Waals surface area (Å²) in [5.41, 5.74) is 6.08. The van der Waals surface area contributed by atoms with Crippen LogP contribution in [0, 0.1) is 0 Å². The molecule has 1 aromatic carbocycles. The molecule has 0 spiro atoms. The molecule has 1 rings (SSSR count). The summed E-state index contributed by atoms with van der Waals surface area (Å²) in [7, 11) is 0. The van der Waals surface area contributed by atoms with Crippen molar-refractivity contribution in [1.82, 2.24) is 0 Å². The molecule has 0 fully saturated rings. The fourth-order valence-electron chi connectivity index (χ4n) is 1.60. The fraction of sp³-hybridized carbons (Fsp3) is 0.500. The zero-order chi connectivity index (χ0) is 15.3. The van der Waals surface area contributed by atoms with Gasteiger partial charge in [-0.3, -0.25) is 5.32 Å². The van der Waals surface area contributed by atoms with E-state index in [4.69, 9.17) is 22.1 Å². The van der Waals surface area contributed by atoms with E-state index in [0.29, 0.717) is 22.7 Å². The van der Waals surface area contributed by atoms with Crippen LogP contribution < -0.4 is 11.1 Å². The maximum Gasteiger partial charge on any atom is 0.412 e. The maximum absolute atomic E-state index is 11.8. The average Bonchev–Trinajstić information content (AvgIpc) is 2.30. The van der Waals surface area contributed by atoms with Gasteiger partial charge in [0.1, 0.15) is 5.60 Å². The molecule has 1 amide bonds. The van der Waals surface area contributed by atoms with Crippen LogP contribution in [0.2, 0.25) is 5.02 Å². The van der Waals surface area contributed by atoms with Gasteiger partial charge in [-0.1, -0.05) is 11.6 Å². The van der Waals surface area contributed by atoms with E-state index < -0.39 is 17.8 Å². The number of hydrogen-bond acceptors (Lipinski definition) is 4. The smallest absolute Gasteiger partial charge is 0.412 e. The van der Waals surface area contributed by atoms with E-state index in [0.717, 1.165) is 0 Å². The van der Waals surface area contributed by atoms with Gasteiger partial charge in [0.05, 0.1) is 6.10 Å². The molecular formula is C14H21ClN2O3. The number of nitrogens with two attached hydrogens (primary N) is 1. The lowest BCUT2D eigenvalue weighted by atomic mass is 10.1. The lowest BCUT2D eigenvalue weighted by Gasteiger charge is -2.21. The lowest BCUT2D eigenvalue weighted by Crippen LogP contribution is -2.28. The van der Waals surface area contributed by atoms with E-state index in [-0.39, 0.29) is 6.54 Å². The van der Waals surface area contributed by atoms with Crippen LogP contribution in [0.5, 0.6) is 0 Å². The molecule has 0 saturated heterocycles. The predicted molar refractivity (Wildman–Crippen MR) is 80.1 cm³/mol. The van der Waals surface area contributed by atoms with E-state index in [1.165, 1.54) is 0 Å². The van der Waals surface area contributed by atoms with Crippen molar-refractivity contribution in [3.05, 3.63) is 28.8 Å². The molecule has 0 saturated carbocycles. The van der Waals surface area contributed by atoms with Crippen LogP contribution in [-0.2, 0) is 11.2 Å². The number of amides is 1. The van der Waals surface area contributed by atoms with Crippen molar-refractivity contribution >= 4 is 23.4 Å². The number of aliphatic hydroxyl groups excluding tert-OH is 1. The number of hydrogen-bond donors (Lipinski definition) is 3. The first-order valence-electron chi connectivity index (χ1n) is 6.38. The highest BCUT2D eigenvalue weighted by molar-refractivity contribution is 6.30. The molecular weight excluding hydrogens is 280 g/mol. The number of ether oxygens (including phenoxy) is 1. The van der Waals surface area contributed by atoms with E-state index in [2.05, 4.69) is 5.32 Å². The van der Waals surface area contributed by atoms with Gasteiger partial charge in [0, 0.05) is 23.7 Å². The Labute approximate surface area is 124 Å². The van der Waals surface area contributed by atoms with E-state index >= 15 is 0 Å². The second kappa shape index (κ2) is 6.92. The van der Waals surface area contributed by atoms with Gasteiger partial charge < -0.3 is 15.6 Å². The highest BCUT2D eigenvalue weighted by Gasteiger charge is 2.18. The normalized spacial score (nSPS) is 12.9. The highest BCUT2D eigenvalue weighted by atomic mass is 35.5. The van der Waals surface area contributed by atoms with E-state index in [1.54, 1.807) is 39.0 Å². The first-order chi connectivity index (χ1) is 9.21. The van der Waals surface area contributed by atoms with Crippen molar-refractivity contribution in [2.24, 2.45) is 5.73 Å². The Hall–Kier alpha value is -1.30. The van der Waals surface area contributed by atoms with Crippen LogP contribution in [-0.4, -0.2) is 29.4 Å². The van der Waals surface area contributed by atoms with Gasteiger partial charge >= 0.3 is 6.09 Å². The molecule has 0 aliphatic rings. The number of carbonyl (C=O) groups excluding carboxylic acids is 1. The minimum Gasteiger partial charge on any atom is -0.444 e. The predicted octanol–water partition coefficient (Wildman–Crippen LogP) is 2.55. The van der Waals surface area contributed by atoms with Gasteiger partial charge in [-0.25, -0.2) is 4.79 Å². The summed E-state index contributed by atoms with van der Waals surface area (Å²) in [6, 6.07) is 5.02. The summed E-state index contributed by atoms with van der Waals surface area (Å²) >= 11 is 5.93. The largest absolute Gasteiger partial charge is 0.444 e. The number of benzene rings is 1. The molecule has 1 aromatic rings. The van der Waals surface area contributed by atoms with Gasteiger partial charge in [0.25, 0.3) is 0 Å². The minimum absolute atomic E-state index is 0.137. The Morgan fingerprint density at radius 3 is 2.70 bits per heavy atom. The van der Waals surface area contributed by atoms with Crippen molar-refractivity contribution in [2.45, 2.75) is 38.9 Å². The minimum atomic E-state index is -0.687. The third kappa shape index (κ3) is 5.77. The Morgan fingerprint density at radius 2 is 2.15 bits per heavy atom. The lowest BCUT2D eigenvalue weighted by molar-refractivity contribution is 0.0635. The molecule has 5 nitrogen and oxygen atoms in total. The fourth-order valence-corrected chi connectivity index (χ4v) is 1.80.